The van der Waals surface area contributed by atoms with Crippen molar-refractivity contribution in [2.45, 2.75) is 12.5 Å². The molecule has 5 heteroatoms. The standard InChI is InChI=1S/C17H20N2O2.ClH/c1-19(12-9-10-18-11-12)17(20)15-7-8-16(21-2)14-6-4-3-5-13(14)15;/h3-8,12,18H,9-11H2,1-2H3;1H. The Morgan fingerprint density at radius 3 is 2.59 bits per heavy atom. The maximum absolute atomic E-state index is 12.8. The van der Waals surface area contributed by atoms with Crippen molar-refractivity contribution in [3.8, 4) is 5.75 Å². The Labute approximate surface area is 136 Å². The molecule has 118 valence electrons. The van der Waals surface area contributed by atoms with E-state index >= 15 is 0 Å². The molecular weight excluding hydrogens is 300 g/mol. The van der Waals surface area contributed by atoms with Crippen LogP contribution >= 0.6 is 12.4 Å². The van der Waals surface area contributed by atoms with Gasteiger partial charge >= 0.3 is 0 Å². The Bertz CT molecular complexity index is 669. The highest BCUT2D eigenvalue weighted by atomic mass is 35.5. The highest BCUT2D eigenvalue weighted by molar-refractivity contribution is 6.08. The monoisotopic (exact) mass is 320 g/mol. The van der Waals surface area contributed by atoms with Crippen molar-refractivity contribution in [3.05, 3.63) is 42.0 Å². The maximum Gasteiger partial charge on any atom is 0.254 e. The van der Waals surface area contributed by atoms with Gasteiger partial charge in [0, 0.05) is 30.6 Å². The van der Waals surface area contributed by atoms with E-state index in [9.17, 15) is 4.79 Å². The fourth-order valence-electron chi connectivity index (χ4n) is 2.96. The summed E-state index contributed by atoms with van der Waals surface area (Å²) >= 11 is 0. The first-order valence-corrected chi connectivity index (χ1v) is 7.26. The van der Waals surface area contributed by atoms with E-state index in [4.69, 9.17) is 4.74 Å². The van der Waals surface area contributed by atoms with Crippen LogP contribution in [-0.4, -0.2) is 44.1 Å². The lowest BCUT2D eigenvalue weighted by Gasteiger charge is -2.24. The highest BCUT2D eigenvalue weighted by Gasteiger charge is 2.25. The molecule has 0 bridgehead atoms. The predicted octanol–water partition coefficient (Wildman–Crippen LogP) is 2.70. The molecule has 1 atom stereocenters. The number of nitrogens with zero attached hydrogens (tertiary/aromatic N) is 1. The first-order valence-electron chi connectivity index (χ1n) is 7.26. The summed E-state index contributed by atoms with van der Waals surface area (Å²) in [5.41, 5.74) is 0.737. The largest absolute Gasteiger partial charge is 0.496 e. The molecular formula is C17H21ClN2O2. The van der Waals surface area contributed by atoms with Gasteiger partial charge in [0.25, 0.3) is 5.91 Å². The van der Waals surface area contributed by atoms with Gasteiger partial charge in [-0.05, 0) is 30.5 Å². The van der Waals surface area contributed by atoms with Gasteiger partial charge in [-0.15, -0.1) is 12.4 Å². The molecule has 0 spiro atoms. The summed E-state index contributed by atoms with van der Waals surface area (Å²) < 4.78 is 5.39. The van der Waals surface area contributed by atoms with Crippen molar-refractivity contribution in [1.82, 2.24) is 10.2 Å². The van der Waals surface area contributed by atoms with Crippen LogP contribution in [0.4, 0.5) is 0 Å². The van der Waals surface area contributed by atoms with Crippen molar-refractivity contribution in [2.24, 2.45) is 0 Å². The third-order valence-corrected chi connectivity index (χ3v) is 4.24. The van der Waals surface area contributed by atoms with E-state index in [1.165, 1.54) is 0 Å². The Balaban J connectivity index is 0.00000176. The number of hydrogen-bond donors (Lipinski definition) is 1. The summed E-state index contributed by atoms with van der Waals surface area (Å²) in [6, 6.07) is 11.9. The SMILES string of the molecule is COc1ccc(C(=O)N(C)C2CCNC2)c2ccccc12.Cl. The zero-order chi connectivity index (χ0) is 14.8. The van der Waals surface area contributed by atoms with Gasteiger partial charge in [0.05, 0.1) is 7.11 Å². The molecule has 1 saturated heterocycles. The van der Waals surface area contributed by atoms with Gasteiger partial charge in [0.15, 0.2) is 0 Å². The number of benzene rings is 2. The van der Waals surface area contributed by atoms with Gasteiger partial charge < -0.3 is 15.0 Å². The zero-order valence-electron chi connectivity index (χ0n) is 12.8. The van der Waals surface area contributed by atoms with Crippen molar-refractivity contribution in [1.29, 1.82) is 0 Å². The molecule has 1 N–H and O–H groups in total. The quantitative estimate of drug-likeness (QED) is 0.945. The van der Waals surface area contributed by atoms with Crippen LogP contribution in [-0.2, 0) is 0 Å². The van der Waals surface area contributed by atoms with Gasteiger partial charge in [0.1, 0.15) is 5.75 Å². The second-order valence-electron chi connectivity index (χ2n) is 5.42. The van der Waals surface area contributed by atoms with Crippen LogP contribution in [0.15, 0.2) is 36.4 Å². The Morgan fingerprint density at radius 1 is 1.23 bits per heavy atom. The van der Waals surface area contributed by atoms with Crippen molar-refractivity contribution >= 4 is 29.1 Å². The first-order chi connectivity index (χ1) is 10.2. The average molecular weight is 321 g/mol. The second-order valence-corrected chi connectivity index (χ2v) is 5.42. The fourth-order valence-corrected chi connectivity index (χ4v) is 2.96. The maximum atomic E-state index is 12.8. The molecule has 1 aliphatic heterocycles. The number of likely N-dealkylation sites (N-methyl/N-ethyl adjacent to an activating group) is 1. The lowest BCUT2D eigenvalue weighted by atomic mass is 10.0. The molecule has 0 aromatic heterocycles. The summed E-state index contributed by atoms with van der Waals surface area (Å²) in [6.07, 6.45) is 1.01. The van der Waals surface area contributed by atoms with Crippen LogP contribution in [0.5, 0.6) is 5.75 Å². The van der Waals surface area contributed by atoms with Crippen LogP contribution in [0.25, 0.3) is 10.8 Å². The number of carbonyl (C=O) groups excluding carboxylic acids is 1. The minimum atomic E-state index is 0. The third-order valence-electron chi connectivity index (χ3n) is 4.24. The van der Waals surface area contributed by atoms with E-state index in [0.717, 1.165) is 41.6 Å². The molecule has 2 aromatic carbocycles. The molecule has 0 aliphatic carbocycles. The summed E-state index contributed by atoms with van der Waals surface area (Å²) in [5.74, 6) is 0.870. The van der Waals surface area contributed by atoms with E-state index in [0.29, 0.717) is 0 Å². The number of carbonyl (C=O) groups is 1. The van der Waals surface area contributed by atoms with E-state index in [1.807, 2.05) is 48.3 Å². The molecule has 1 aliphatic rings. The van der Waals surface area contributed by atoms with Gasteiger partial charge in [-0.25, -0.2) is 0 Å². The van der Waals surface area contributed by atoms with Crippen molar-refractivity contribution in [2.75, 3.05) is 27.2 Å². The molecule has 22 heavy (non-hydrogen) atoms. The average Bonchev–Trinajstić information content (AvgIpc) is 3.07. The number of halogens is 1. The van der Waals surface area contributed by atoms with E-state index < -0.39 is 0 Å². The van der Waals surface area contributed by atoms with Crippen LogP contribution < -0.4 is 10.1 Å². The van der Waals surface area contributed by atoms with Crippen LogP contribution in [0, 0.1) is 0 Å². The third kappa shape index (κ3) is 2.89. The molecule has 0 radical (unpaired) electrons. The van der Waals surface area contributed by atoms with Crippen molar-refractivity contribution in [3.63, 3.8) is 0 Å². The van der Waals surface area contributed by atoms with E-state index in [2.05, 4.69) is 5.32 Å². The molecule has 1 unspecified atom stereocenters. The number of ether oxygens (including phenoxy) is 1. The van der Waals surface area contributed by atoms with Gasteiger partial charge in [-0.3, -0.25) is 4.79 Å². The summed E-state index contributed by atoms with van der Waals surface area (Å²) in [7, 11) is 3.54. The van der Waals surface area contributed by atoms with Crippen LogP contribution in [0.1, 0.15) is 16.8 Å². The summed E-state index contributed by atoms with van der Waals surface area (Å²) in [5, 5.41) is 5.22. The summed E-state index contributed by atoms with van der Waals surface area (Å²) in [4.78, 5) is 14.7. The molecule has 1 fully saturated rings. The van der Waals surface area contributed by atoms with E-state index in [-0.39, 0.29) is 24.4 Å². The predicted molar refractivity (Wildman–Crippen MR) is 91.1 cm³/mol. The first kappa shape index (κ1) is 16.6. The number of methoxy groups -OCH3 is 1. The lowest BCUT2D eigenvalue weighted by molar-refractivity contribution is 0.0746. The number of fused-ring (bicyclic) bond motifs is 1. The minimum absolute atomic E-state index is 0. The Kier molecular flexibility index (Phi) is 5.27. The number of nitrogens with one attached hydrogen (secondary N) is 1. The van der Waals surface area contributed by atoms with Gasteiger partial charge in [0.2, 0.25) is 0 Å². The Morgan fingerprint density at radius 2 is 1.95 bits per heavy atom. The topological polar surface area (TPSA) is 41.6 Å². The Hall–Kier alpha value is -1.78. The number of hydrogen-bond acceptors (Lipinski definition) is 3. The summed E-state index contributed by atoms with van der Waals surface area (Å²) in [6.45, 7) is 1.85. The normalized spacial score (nSPS) is 17.1. The lowest BCUT2D eigenvalue weighted by Crippen LogP contribution is -2.38. The molecule has 3 rings (SSSR count). The molecule has 4 nitrogen and oxygen atoms in total. The smallest absolute Gasteiger partial charge is 0.254 e. The highest BCUT2D eigenvalue weighted by Crippen LogP contribution is 2.29. The van der Waals surface area contributed by atoms with Crippen LogP contribution in [0.2, 0.25) is 0 Å². The minimum Gasteiger partial charge on any atom is -0.496 e. The molecule has 2 aromatic rings. The van der Waals surface area contributed by atoms with E-state index in [1.54, 1.807) is 7.11 Å². The number of rotatable bonds is 3. The van der Waals surface area contributed by atoms with Crippen molar-refractivity contribution < 1.29 is 9.53 Å². The second kappa shape index (κ2) is 6.99. The zero-order valence-corrected chi connectivity index (χ0v) is 13.7. The molecule has 0 saturated carbocycles. The van der Waals surface area contributed by atoms with Gasteiger partial charge in [-0.1, -0.05) is 24.3 Å². The molecule has 1 amide bonds. The fraction of sp³-hybridized carbons (Fsp3) is 0.353. The number of amides is 1. The van der Waals surface area contributed by atoms with Gasteiger partial charge in [-0.2, -0.15) is 0 Å². The van der Waals surface area contributed by atoms with Crippen LogP contribution in [0.3, 0.4) is 0 Å². The molecule has 1 heterocycles.